The van der Waals surface area contributed by atoms with Crippen LogP contribution in [-0.2, 0) is 0 Å². The minimum Gasteiger partial charge on any atom is -0.496 e. The molecule has 1 fully saturated rings. The van der Waals surface area contributed by atoms with Gasteiger partial charge in [-0.3, -0.25) is 9.48 Å². The molecular formula is C23H26N6O3. The Morgan fingerprint density at radius 2 is 2.22 bits per heavy atom. The molecule has 1 aliphatic carbocycles. The molecule has 1 aliphatic rings. The van der Waals surface area contributed by atoms with Crippen molar-refractivity contribution in [2.75, 3.05) is 12.4 Å². The number of nitrogens with one attached hydrogen (secondary N) is 1. The highest BCUT2D eigenvalue weighted by Crippen LogP contribution is 2.39. The second-order valence-electron chi connectivity index (χ2n) is 8.90. The van der Waals surface area contributed by atoms with Gasteiger partial charge in [-0.05, 0) is 50.3 Å². The Hall–Kier alpha value is -3.46. The van der Waals surface area contributed by atoms with Gasteiger partial charge in [0.2, 0.25) is 0 Å². The van der Waals surface area contributed by atoms with Gasteiger partial charge in [-0.15, -0.1) is 0 Å². The summed E-state index contributed by atoms with van der Waals surface area (Å²) in [5, 5.41) is 23.1. The van der Waals surface area contributed by atoms with Crippen LogP contribution in [0.15, 0.2) is 42.9 Å². The highest BCUT2D eigenvalue weighted by molar-refractivity contribution is 6.08. The first kappa shape index (κ1) is 20.4. The van der Waals surface area contributed by atoms with E-state index >= 15 is 0 Å². The number of nitrogens with zero attached hydrogens (tertiary/aromatic N) is 5. The molecule has 5 rings (SSSR count). The summed E-state index contributed by atoms with van der Waals surface area (Å²) in [4.78, 5) is 17.3. The van der Waals surface area contributed by atoms with Crippen LogP contribution in [-0.4, -0.2) is 48.1 Å². The van der Waals surface area contributed by atoms with Gasteiger partial charge in [0.1, 0.15) is 5.75 Å². The molecule has 166 valence electrons. The molecular weight excluding hydrogens is 408 g/mol. The van der Waals surface area contributed by atoms with E-state index in [4.69, 9.17) is 9.84 Å². The van der Waals surface area contributed by atoms with Crippen LogP contribution in [0.25, 0.3) is 16.6 Å². The van der Waals surface area contributed by atoms with Crippen molar-refractivity contribution in [2.45, 2.75) is 44.8 Å². The number of aromatic nitrogens is 5. The van der Waals surface area contributed by atoms with Gasteiger partial charge < -0.3 is 15.2 Å². The van der Waals surface area contributed by atoms with E-state index in [9.17, 15) is 9.90 Å². The predicted octanol–water partition coefficient (Wildman–Crippen LogP) is 3.45. The Balaban J connectivity index is 1.46. The number of hydrogen-bond acceptors (Lipinski definition) is 6. The van der Waals surface area contributed by atoms with Crippen LogP contribution < -0.4 is 10.1 Å². The SMILES string of the molecule is COc1cc2nn([C@@H]3CCC(C)(O)C[C@H]3C)cc2cc1C(=O)Nc1cnc2cccnn12. The molecule has 9 nitrogen and oxygen atoms in total. The van der Waals surface area contributed by atoms with E-state index in [1.165, 1.54) is 7.11 Å². The standard InChI is InChI=1S/C23H26N6O3/c1-14-11-23(2,31)7-6-18(14)28-13-15-9-16(19(32-3)10-17(15)27-28)22(30)26-21-12-24-20-5-4-8-25-29(20)21/h4-5,8-10,12-14,18,31H,6-7,11H2,1-3H3,(H,26,30)/t14-,18-,23?/m1/s1. The van der Waals surface area contributed by atoms with Crippen LogP contribution in [0, 0.1) is 5.92 Å². The van der Waals surface area contributed by atoms with E-state index in [-0.39, 0.29) is 11.9 Å². The van der Waals surface area contributed by atoms with Crippen molar-refractivity contribution in [2.24, 2.45) is 5.92 Å². The Morgan fingerprint density at radius 1 is 1.38 bits per heavy atom. The number of anilines is 1. The number of carbonyl (C=O) groups is 1. The Kier molecular flexibility index (Phi) is 4.85. The second-order valence-corrected chi connectivity index (χ2v) is 8.90. The molecule has 9 heteroatoms. The number of hydrogen-bond donors (Lipinski definition) is 2. The summed E-state index contributed by atoms with van der Waals surface area (Å²) in [6, 6.07) is 7.39. The number of methoxy groups -OCH3 is 1. The molecule has 0 radical (unpaired) electrons. The van der Waals surface area contributed by atoms with E-state index in [2.05, 4.69) is 22.3 Å². The van der Waals surface area contributed by atoms with E-state index < -0.39 is 5.60 Å². The molecule has 0 saturated heterocycles. The molecule has 1 amide bonds. The molecule has 3 atom stereocenters. The first-order valence-corrected chi connectivity index (χ1v) is 10.7. The summed E-state index contributed by atoms with van der Waals surface area (Å²) in [6.45, 7) is 4.04. The molecule has 32 heavy (non-hydrogen) atoms. The maximum absolute atomic E-state index is 13.1. The van der Waals surface area contributed by atoms with Crippen LogP contribution in [0.5, 0.6) is 5.75 Å². The van der Waals surface area contributed by atoms with E-state index in [0.29, 0.717) is 28.7 Å². The number of carbonyl (C=O) groups excluding carboxylic acids is 1. The number of rotatable bonds is 4. The van der Waals surface area contributed by atoms with Gasteiger partial charge >= 0.3 is 0 Å². The Morgan fingerprint density at radius 3 is 3.00 bits per heavy atom. The Bertz CT molecular complexity index is 1310. The van der Waals surface area contributed by atoms with Crippen molar-refractivity contribution in [3.05, 3.63) is 48.4 Å². The topological polar surface area (TPSA) is 107 Å². The predicted molar refractivity (Wildman–Crippen MR) is 120 cm³/mol. The first-order valence-electron chi connectivity index (χ1n) is 10.7. The zero-order valence-corrected chi connectivity index (χ0v) is 18.3. The fourth-order valence-corrected chi connectivity index (χ4v) is 4.75. The van der Waals surface area contributed by atoms with Crippen molar-refractivity contribution in [3.63, 3.8) is 0 Å². The van der Waals surface area contributed by atoms with E-state index in [0.717, 1.165) is 30.2 Å². The molecule has 4 aromatic rings. The summed E-state index contributed by atoms with van der Waals surface area (Å²) >= 11 is 0. The molecule has 3 aromatic heterocycles. The summed E-state index contributed by atoms with van der Waals surface area (Å²) in [6.07, 6.45) is 7.51. The molecule has 1 unspecified atom stereocenters. The van der Waals surface area contributed by atoms with Crippen LogP contribution in [0.1, 0.15) is 49.5 Å². The fourth-order valence-electron chi connectivity index (χ4n) is 4.75. The van der Waals surface area contributed by atoms with Gasteiger partial charge in [0.25, 0.3) is 5.91 Å². The van der Waals surface area contributed by atoms with Crippen molar-refractivity contribution in [1.82, 2.24) is 24.4 Å². The molecule has 3 heterocycles. The number of aliphatic hydroxyl groups is 1. The maximum atomic E-state index is 13.1. The zero-order chi connectivity index (χ0) is 22.5. The lowest BCUT2D eigenvalue weighted by Crippen LogP contribution is -2.36. The average Bonchev–Trinajstić information content (AvgIpc) is 3.35. The average molecular weight is 435 g/mol. The number of fused-ring (bicyclic) bond motifs is 2. The van der Waals surface area contributed by atoms with Crippen molar-refractivity contribution in [3.8, 4) is 5.75 Å². The van der Waals surface area contributed by atoms with E-state index in [1.54, 1.807) is 35.1 Å². The van der Waals surface area contributed by atoms with Crippen LogP contribution in [0.2, 0.25) is 0 Å². The summed E-state index contributed by atoms with van der Waals surface area (Å²) in [5.74, 6) is 0.902. The minimum absolute atomic E-state index is 0.204. The molecule has 0 bridgehead atoms. The van der Waals surface area contributed by atoms with Gasteiger partial charge in [-0.25, -0.2) is 4.98 Å². The zero-order valence-electron chi connectivity index (χ0n) is 18.3. The van der Waals surface area contributed by atoms with Crippen LogP contribution in [0.4, 0.5) is 5.82 Å². The first-order chi connectivity index (χ1) is 15.3. The number of amides is 1. The third kappa shape index (κ3) is 3.58. The van der Waals surface area contributed by atoms with Crippen molar-refractivity contribution < 1.29 is 14.6 Å². The summed E-state index contributed by atoms with van der Waals surface area (Å²) in [5.41, 5.74) is 1.19. The van der Waals surface area contributed by atoms with Gasteiger partial charge in [0.15, 0.2) is 11.5 Å². The minimum atomic E-state index is -0.621. The van der Waals surface area contributed by atoms with Gasteiger partial charge in [0.05, 0.1) is 36.0 Å². The lowest BCUT2D eigenvalue weighted by atomic mass is 9.77. The Labute approximate surface area is 185 Å². The number of imidazole rings is 1. The van der Waals surface area contributed by atoms with Gasteiger partial charge in [-0.1, -0.05) is 6.92 Å². The van der Waals surface area contributed by atoms with Crippen LogP contribution in [0.3, 0.4) is 0 Å². The highest BCUT2D eigenvalue weighted by atomic mass is 16.5. The lowest BCUT2D eigenvalue weighted by molar-refractivity contribution is -0.0145. The maximum Gasteiger partial charge on any atom is 0.260 e. The number of ether oxygens (including phenoxy) is 1. The third-order valence-electron chi connectivity index (χ3n) is 6.34. The fraction of sp³-hybridized carbons (Fsp3) is 0.391. The van der Waals surface area contributed by atoms with Crippen LogP contribution >= 0.6 is 0 Å². The lowest BCUT2D eigenvalue weighted by Gasteiger charge is -2.38. The van der Waals surface area contributed by atoms with Gasteiger partial charge in [0, 0.05) is 23.8 Å². The van der Waals surface area contributed by atoms with Crippen molar-refractivity contribution in [1.29, 1.82) is 0 Å². The molecule has 0 aliphatic heterocycles. The molecule has 2 N–H and O–H groups in total. The quantitative estimate of drug-likeness (QED) is 0.510. The third-order valence-corrected chi connectivity index (χ3v) is 6.34. The smallest absolute Gasteiger partial charge is 0.260 e. The summed E-state index contributed by atoms with van der Waals surface area (Å²) < 4.78 is 9.05. The monoisotopic (exact) mass is 434 g/mol. The molecule has 1 saturated carbocycles. The van der Waals surface area contributed by atoms with E-state index in [1.807, 2.05) is 23.9 Å². The van der Waals surface area contributed by atoms with Crippen molar-refractivity contribution >= 4 is 28.3 Å². The normalized spacial score (nSPS) is 23.5. The number of benzene rings is 1. The molecule has 0 spiro atoms. The summed E-state index contributed by atoms with van der Waals surface area (Å²) in [7, 11) is 1.54. The largest absolute Gasteiger partial charge is 0.496 e. The highest BCUT2D eigenvalue weighted by Gasteiger charge is 2.35. The van der Waals surface area contributed by atoms with Gasteiger partial charge in [-0.2, -0.15) is 14.7 Å². The molecule has 1 aromatic carbocycles. The second kappa shape index (κ2) is 7.59.